The lowest BCUT2D eigenvalue weighted by atomic mass is 10.0. The lowest BCUT2D eigenvalue weighted by Gasteiger charge is -2.22. The van der Waals surface area contributed by atoms with E-state index < -0.39 is 11.9 Å². The van der Waals surface area contributed by atoms with Crippen molar-refractivity contribution < 1.29 is 19.0 Å². The lowest BCUT2D eigenvalue weighted by Crippen LogP contribution is -2.28. The number of nitrogens with one attached hydrogen (secondary N) is 2. The Hall–Kier alpha value is -3.20. The highest BCUT2D eigenvalue weighted by atomic mass is 19.1. The van der Waals surface area contributed by atoms with Crippen LogP contribution in [0.2, 0.25) is 0 Å². The molecule has 3 heterocycles. The summed E-state index contributed by atoms with van der Waals surface area (Å²) in [7, 11) is 0. The van der Waals surface area contributed by atoms with Gasteiger partial charge in [-0.05, 0) is 30.7 Å². The molecule has 3 aromatic rings. The predicted molar refractivity (Wildman–Crippen MR) is 95.3 cm³/mol. The molecule has 1 aromatic carbocycles. The van der Waals surface area contributed by atoms with Gasteiger partial charge in [0.15, 0.2) is 5.65 Å². The SMILES string of the molecule is O=C1NCCOc2ccc(F)cc2[C@@H](CCO)Nc2ccn3ncc1c3n2. The van der Waals surface area contributed by atoms with Gasteiger partial charge in [-0.3, -0.25) is 4.79 Å². The second-order valence-corrected chi connectivity index (χ2v) is 6.13. The minimum atomic E-state index is -0.425. The molecule has 8 nitrogen and oxygen atoms in total. The van der Waals surface area contributed by atoms with Gasteiger partial charge >= 0.3 is 0 Å². The number of anilines is 1. The number of fused-ring (bicyclic) bond motifs is 2. The summed E-state index contributed by atoms with van der Waals surface area (Å²) in [6, 6.07) is 5.51. The zero-order valence-corrected chi connectivity index (χ0v) is 14.4. The molecule has 1 aliphatic rings. The van der Waals surface area contributed by atoms with Crippen molar-refractivity contribution in [2.24, 2.45) is 0 Å². The summed E-state index contributed by atoms with van der Waals surface area (Å²) in [5, 5.41) is 19.6. The van der Waals surface area contributed by atoms with Crippen molar-refractivity contribution in [2.45, 2.75) is 12.5 Å². The Kier molecular flexibility index (Phi) is 4.59. The zero-order chi connectivity index (χ0) is 18.8. The van der Waals surface area contributed by atoms with E-state index in [9.17, 15) is 14.3 Å². The van der Waals surface area contributed by atoms with E-state index in [1.807, 2.05) is 0 Å². The smallest absolute Gasteiger partial charge is 0.256 e. The molecule has 0 radical (unpaired) electrons. The fourth-order valence-electron chi connectivity index (χ4n) is 3.07. The number of carbonyl (C=O) groups excluding carboxylic acids is 1. The largest absolute Gasteiger partial charge is 0.491 e. The first kappa shape index (κ1) is 17.2. The van der Waals surface area contributed by atoms with E-state index in [2.05, 4.69) is 20.7 Å². The molecule has 2 aromatic heterocycles. The molecule has 4 rings (SSSR count). The van der Waals surface area contributed by atoms with E-state index in [1.54, 1.807) is 18.3 Å². The molecule has 1 amide bonds. The van der Waals surface area contributed by atoms with Crippen molar-refractivity contribution in [2.75, 3.05) is 25.1 Å². The fraction of sp³-hybridized carbons (Fsp3) is 0.278. The van der Waals surface area contributed by atoms with Gasteiger partial charge in [0, 0.05) is 18.4 Å². The zero-order valence-electron chi connectivity index (χ0n) is 14.4. The van der Waals surface area contributed by atoms with Gasteiger partial charge in [-0.2, -0.15) is 5.10 Å². The van der Waals surface area contributed by atoms with Crippen molar-refractivity contribution in [3.8, 4) is 5.75 Å². The number of aliphatic hydroxyl groups excluding tert-OH is 1. The van der Waals surface area contributed by atoms with E-state index in [1.165, 1.54) is 22.8 Å². The summed E-state index contributed by atoms with van der Waals surface area (Å²) in [5.74, 6) is 0.259. The van der Waals surface area contributed by atoms with Gasteiger partial charge in [-0.1, -0.05) is 0 Å². The van der Waals surface area contributed by atoms with Crippen molar-refractivity contribution in [3.63, 3.8) is 0 Å². The fourth-order valence-corrected chi connectivity index (χ4v) is 3.07. The first-order valence-electron chi connectivity index (χ1n) is 8.58. The van der Waals surface area contributed by atoms with E-state index in [0.29, 0.717) is 34.8 Å². The van der Waals surface area contributed by atoms with Gasteiger partial charge in [-0.25, -0.2) is 13.9 Å². The normalized spacial score (nSPS) is 17.1. The molecule has 1 atom stereocenters. The highest BCUT2D eigenvalue weighted by Gasteiger charge is 2.20. The maximum Gasteiger partial charge on any atom is 0.256 e. The number of amides is 1. The Morgan fingerprint density at radius 1 is 1.37 bits per heavy atom. The number of nitrogens with zero attached hydrogens (tertiary/aromatic N) is 3. The summed E-state index contributed by atoms with van der Waals surface area (Å²) >= 11 is 0. The number of ether oxygens (including phenoxy) is 1. The molecule has 2 bridgehead atoms. The van der Waals surface area contributed by atoms with Crippen LogP contribution in [0.4, 0.5) is 10.2 Å². The highest BCUT2D eigenvalue weighted by molar-refractivity contribution is 5.99. The van der Waals surface area contributed by atoms with Crippen molar-refractivity contribution in [1.29, 1.82) is 0 Å². The molecular formula is C18H18FN5O3. The van der Waals surface area contributed by atoms with Crippen molar-refractivity contribution in [3.05, 3.63) is 53.6 Å². The molecule has 0 saturated carbocycles. The third kappa shape index (κ3) is 3.41. The van der Waals surface area contributed by atoms with Gasteiger partial charge in [0.05, 0.1) is 18.8 Å². The molecule has 0 aliphatic carbocycles. The molecule has 27 heavy (non-hydrogen) atoms. The van der Waals surface area contributed by atoms with Crippen molar-refractivity contribution in [1.82, 2.24) is 19.9 Å². The molecule has 3 N–H and O–H groups in total. The Morgan fingerprint density at radius 3 is 3.11 bits per heavy atom. The molecule has 140 valence electrons. The summed E-state index contributed by atoms with van der Waals surface area (Å²) in [6.45, 7) is 0.379. The van der Waals surface area contributed by atoms with E-state index in [4.69, 9.17) is 4.74 Å². The average Bonchev–Trinajstić information content (AvgIpc) is 3.08. The number of rotatable bonds is 2. The lowest BCUT2D eigenvalue weighted by molar-refractivity contribution is 0.0948. The second kappa shape index (κ2) is 7.20. The molecule has 1 aliphatic heterocycles. The average molecular weight is 371 g/mol. The maximum absolute atomic E-state index is 13.9. The van der Waals surface area contributed by atoms with E-state index in [0.717, 1.165) is 0 Å². The number of halogens is 1. The summed E-state index contributed by atoms with van der Waals surface area (Å²) in [6.07, 6.45) is 3.47. The Labute approximate surface area is 154 Å². The highest BCUT2D eigenvalue weighted by Crippen LogP contribution is 2.31. The standard InChI is InChI=1S/C18H18FN5O3/c19-11-1-2-15-12(9-11)14(4-7-25)22-16-3-6-24-17(23-16)13(10-21-24)18(26)20-5-8-27-15/h1-3,6,9-10,14,25H,4-5,7-8H2,(H,20,26)(H,22,23)/t14-/m1/s1. The van der Waals surface area contributed by atoms with Gasteiger partial charge in [0.1, 0.15) is 29.6 Å². The number of carbonyl (C=O) groups is 1. The van der Waals surface area contributed by atoms with E-state index >= 15 is 0 Å². The van der Waals surface area contributed by atoms with Gasteiger partial charge < -0.3 is 20.5 Å². The van der Waals surface area contributed by atoms with Gasteiger partial charge in [0.2, 0.25) is 0 Å². The van der Waals surface area contributed by atoms with Gasteiger partial charge in [-0.15, -0.1) is 0 Å². The topological polar surface area (TPSA) is 101 Å². The quantitative estimate of drug-likeness (QED) is 0.632. The van der Waals surface area contributed by atoms with Crippen LogP contribution >= 0.6 is 0 Å². The Bertz CT molecular complexity index is 990. The minimum Gasteiger partial charge on any atom is -0.491 e. The number of aliphatic hydroxyl groups is 1. The third-order valence-electron chi connectivity index (χ3n) is 4.35. The van der Waals surface area contributed by atoms with Gasteiger partial charge in [0.25, 0.3) is 5.91 Å². The Morgan fingerprint density at radius 2 is 2.26 bits per heavy atom. The number of benzene rings is 1. The molecule has 0 spiro atoms. The number of aromatic nitrogens is 3. The van der Waals surface area contributed by atoms with Crippen LogP contribution in [-0.2, 0) is 0 Å². The van der Waals surface area contributed by atoms with Crippen LogP contribution in [0.25, 0.3) is 5.65 Å². The van der Waals surface area contributed by atoms with Crippen LogP contribution in [0.5, 0.6) is 5.75 Å². The first-order chi connectivity index (χ1) is 13.2. The molecule has 9 heteroatoms. The van der Waals surface area contributed by atoms with Crippen molar-refractivity contribution >= 4 is 17.4 Å². The summed E-state index contributed by atoms with van der Waals surface area (Å²) in [5.41, 5.74) is 1.32. The van der Waals surface area contributed by atoms with Crippen LogP contribution in [0, 0.1) is 5.82 Å². The van der Waals surface area contributed by atoms with Crippen LogP contribution < -0.4 is 15.4 Å². The monoisotopic (exact) mass is 371 g/mol. The van der Waals surface area contributed by atoms with Crippen LogP contribution in [-0.4, -0.2) is 45.4 Å². The van der Waals surface area contributed by atoms with Crippen LogP contribution in [0.15, 0.2) is 36.7 Å². The summed E-state index contributed by atoms with van der Waals surface area (Å²) in [4.78, 5) is 16.9. The summed E-state index contributed by atoms with van der Waals surface area (Å²) < 4.78 is 21.1. The van der Waals surface area contributed by atoms with Crippen LogP contribution in [0.3, 0.4) is 0 Å². The third-order valence-corrected chi connectivity index (χ3v) is 4.35. The first-order valence-corrected chi connectivity index (χ1v) is 8.58. The maximum atomic E-state index is 13.9. The number of hydrogen-bond donors (Lipinski definition) is 3. The molecular weight excluding hydrogens is 353 g/mol. The predicted octanol–water partition coefficient (Wildman–Crippen LogP) is 1.53. The molecule has 0 saturated heterocycles. The van der Waals surface area contributed by atoms with Crippen LogP contribution in [0.1, 0.15) is 28.4 Å². The second-order valence-electron chi connectivity index (χ2n) is 6.13. The number of hydrogen-bond acceptors (Lipinski definition) is 6. The molecule has 0 unspecified atom stereocenters. The molecule has 0 fully saturated rings. The Balaban J connectivity index is 1.81. The van der Waals surface area contributed by atoms with E-state index in [-0.39, 0.29) is 25.7 Å². The minimum absolute atomic E-state index is 0.103.